The molecule has 3 aromatic rings. The van der Waals surface area contributed by atoms with E-state index >= 15 is 0 Å². The molecular weight excluding hydrogens is 356 g/mol. The highest BCUT2D eigenvalue weighted by molar-refractivity contribution is 7.99. The number of aryl methyl sites for hydroxylation is 2. The van der Waals surface area contributed by atoms with Gasteiger partial charge in [-0.2, -0.15) is 5.10 Å². The van der Waals surface area contributed by atoms with Gasteiger partial charge in [-0.15, -0.1) is 0 Å². The first kappa shape index (κ1) is 17.8. The number of nitrogens with zero attached hydrogens (tertiary/aromatic N) is 3. The topological polar surface area (TPSA) is 63.6 Å². The highest BCUT2D eigenvalue weighted by Gasteiger charge is 2.16. The number of thioether (sulfide) groups is 1. The SMILES string of the molecule is Cc1cc(C(=O)CSc2ncn[nH]2)c(C)n1CCc1ccc(Cl)cc1. The maximum atomic E-state index is 12.5. The lowest BCUT2D eigenvalue weighted by atomic mass is 10.1. The standard InChI is InChI=1S/C18H19ClN4OS/c1-12-9-16(17(24)10-25-18-20-11-21-22-18)13(2)23(12)8-7-14-3-5-15(19)6-4-14/h3-6,9,11H,7-8,10H2,1-2H3,(H,20,21,22). The molecule has 0 unspecified atom stereocenters. The van der Waals surface area contributed by atoms with Gasteiger partial charge in [0.05, 0.1) is 5.75 Å². The highest BCUT2D eigenvalue weighted by Crippen LogP contribution is 2.20. The van der Waals surface area contributed by atoms with Crippen LogP contribution in [0.1, 0.15) is 27.3 Å². The minimum Gasteiger partial charge on any atom is -0.348 e. The quantitative estimate of drug-likeness (QED) is 0.499. The summed E-state index contributed by atoms with van der Waals surface area (Å²) in [5, 5.41) is 7.94. The van der Waals surface area contributed by atoms with Gasteiger partial charge in [0, 0.05) is 28.5 Å². The van der Waals surface area contributed by atoms with Gasteiger partial charge in [-0.05, 0) is 44.0 Å². The summed E-state index contributed by atoms with van der Waals surface area (Å²) in [7, 11) is 0. The number of aromatic amines is 1. The number of rotatable bonds is 7. The summed E-state index contributed by atoms with van der Waals surface area (Å²) < 4.78 is 2.20. The van der Waals surface area contributed by atoms with Crippen LogP contribution in [0.25, 0.3) is 0 Å². The Balaban J connectivity index is 1.67. The van der Waals surface area contributed by atoms with E-state index < -0.39 is 0 Å². The van der Waals surface area contributed by atoms with Crippen molar-refractivity contribution in [3.63, 3.8) is 0 Å². The number of halogens is 1. The maximum Gasteiger partial charge on any atom is 0.183 e. The van der Waals surface area contributed by atoms with Crippen LogP contribution in [0.2, 0.25) is 5.02 Å². The van der Waals surface area contributed by atoms with Crippen molar-refractivity contribution in [1.29, 1.82) is 0 Å². The van der Waals surface area contributed by atoms with Gasteiger partial charge < -0.3 is 4.57 Å². The summed E-state index contributed by atoms with van der Waals surface area (Å²) >= 11 is 7.29. The fourth-order valence-electron chi connectivity index (χ4n) is 2.79. The third kappa shape index (κ3) is 4.32. The highest BCUT2D eigenvalue weighted by atomic mass is 35.5. The van der Waals surface area contributed by atoms with Crippen molar-refractivity contribution in [1.82, 2.24) is 19.7 Å². The van der Waals surface area contributed by atoms with Gasteiger partial charge in [-0.25, -0.2) is 4.98 Å². The van der Waals surface area contributed by atoms with E-state index in [-0.39, 0.29) is 5.78 Å². The van der Waals surface area contributed by atoms with Gasteiger partial charge in [0.15, 0.2) is 10.9 Å². The molecule has 0 aliphatic heterocycles. The van der Waals surface area contributed by atoms with Crippen molar-refractivity contribution in [2.75, 3.05) is 5.75 Å². The van der Waals surface area contributed by atoms with Gasteiger partial charge in [0.2, 0.25) is 0 Å². The van der Waals surface area contributed by atoms with E-state index in [9.17, 15) is 4.79 Å². The van der Waals surface area contributed by atoms with Crippen LogP contribution in [0, 0.1) is 13.8 Å². The normalized spacial score (nSPS) is 11.0. The van der Waals surface area contributed by atoms with E-state index in [1.165, 1.54) is 23.7 Å². The lowest BCUT2D eigenvalue weighted by Gasteiger charge is -2.10. The number of carbonyl (C=O) groups excluding carboxylic acids is 1. The number of H-pyrrole nitrogens is 1. The molecule has 25 heavy (non-hydrogen) atoms. The molecule has 0 bridgehead atoms. The third-order valence-electron chi connectivity index (χ3n) is 4.14. The lowest BCUT2D eigenvalue weighted by Crippen LogP contribution is -2.08. The number of Topliss-reactive ketones (excluding diaryl/α,β-unsaturated/α-hetero) is 1. The summed E-state index contributed by atoms with van der Waals surface area (Å²) in [5.41, 5.74) is 4.11. The van der Waals surface area contributed by atoms with Crippen molar-refractivity contribution >= 4 is 29.1 Å². The summed E-state index contributed by atoms with van der Waals surface area (Å²) in [5.74, 6) is 0.448. The Kier molecular flexibility index (Phi) is 5.60. The van der Waals surface area contributed by atoms with Crippen LogP contribution in [0.15, 0.2) is 41.8 Å². The predicted molar refractivity (Wildman–Crippen MR) is 100 cm³/mol. The van der Waals surface area contributed by atoms with Gasteiger partial charge in [-0.3, -0.25) is 9.89 Å². The number of hydrogen-bond acceptors (Lipinski definition) is 4. The molecule has 130 valence electrons. The molecule has 0 fully saturated rings. The Morgan fingerprint density at radius 2 is 2.04 bits per heavy atom. The molecule has 0 radical (unpaired) electrons. The number of benzene rings is 1. The molecule has 7 heteroatoms. The fourth-order valence-corrected chi connectivity index (χ4v) is 3.58. The van der Waals surface area contributed by atoms with Crippen LogP contribution in [0.3, 0.4) is 0 Å². The molecule has 2 heterocycles. The molecule has 0 aliphatic carbocycles. The Morgan fingerprint density at radius 1 is 1.28 bits per heavy atom. The lowest BCUT2D eigenvalue weighted by molar-refractivity contribution is 0.102. The number of aromatic nitrogens is 4. The molecule has 1 aromatic carbocycles. The van der Waals surface area contributed by atoms with Crippen LogP contribution in [0.4, 0.5) is 0 Å². The Labute approximate surface area is 155 Å². The molecule has 3 rings (SSSR count). The van der Waals surface area contributed by atoms with Crippen LogP contribution < -0.4 is 0 Å². The first-order valence-electron chi connectivity index (χ1n) is 7.97. The molecule has 0 saturated heterocycles. The molecule has 2 aromatic heterocycles. The number of carbonyl (C=O) groups is 1. The largest absolute Gasteiger partial charge is 0.348 e. The van der Waals surface area contributed by atoms with Crippen molar-refractivity contribution in [2.45, 2.75) is 32.0 Å². The van der Waals surface area contributed by atoms with E-state index in [2.05, 4.69) is 19.7 Å². The molecule has 0 saturated carbocycles. The molecular formula is C18H19ClN4OS. The average molecular weight is 375 g/mol. The minimum absolute atomic E-state index is 0.104. The molecule has 0 amide bonds. The van der Waals surface area contributed by atoms with Crippen molar-refractivity contribution in [3.05, 3.63) is 64.2 Å². The number of nitrogens with one attached hydrogen (secondary N) is 1. The molecule has 0 atom stereocenters. The number of ketones is 1. The third-order valence-corrected chi connectivity index (χ3v) is 5.27. The summed E-state index contributed by atoms with van der Waals surface area (Å²) in [6.07, 6.45) is 2.34. The van der Waals surface area contributed by atoms with E-state index in [1.807, 2.05) is 44.2 Å². The first-order valence-corrected chi connectivity index (χ1v) is 9.33. The van der Waals surface area contributed by atoms with Gasteiger partial charge >= 0.3 is 0 Å². The van der Waals surface area contributed by atoms with Crippen LogP contribution in [0.5, 0.6) is 0 Å². The van der Waals surface area contributed by atoms with Gasteiger partial charge in [-0.1, -0.05) is 35.5 Å². The smallest absolute Gasteiger partial charge is 0.183 e. The van der Waals surface area contributed by atoms with Crippen LogP contribution in [-0.4, -0.2) is 31.3 Å². The second-order valence-electron chi connectivity index (χ2n) is 5.82. The Hall–Kier alpha value is -2.05. The van der Waals surface area contributed by atoms with Gasteiger partial charge in [0.25, 0.3) is 0 Å². The summed E-state index contributed by atoms with van der Waals surface area (Å²) in [6, 6.07) is 9.86. The monoisotopic (exact) mass is 374 g/mol. The molecule has 5 nitrogen and oxygen atoms in total. The second kappa shape index (κ2) is 7.89. The van der Waals surface area contributed by atoms with Gasteiger partial charge in [0.1, 0.15) is 6.33 Å². The molecule has 0 spiro atoms. The molecule has 1 N–H and O–H groups in total. The zero-order chi connectivity index (χ0) is 17.8. The molecule has 0 aliphatic rings. The maximum absolute atomic E-state index is 12.5. The Morgan fingerprint density at radius 3 is 2.72 bits per heavy atom. The van der Waals surface area contributed by atoms with E-state index in [1.54, 1.807) is 0 Å². The summed E-state index contributed by atoms with van der Waals surface area (Å²) in [6.45, 7) is 4.87. The average Bonchev–Trinajstić information content (AvgIpc) is 3.21. The van der Waals surface area contributed by atoms with Crippen LogP contribution in [-0.2, 0) is 13.0 Å². The zero-order valence-corrected chi connectivity index (χ0v) is 15.7. The van der Waals surface area contributed by atoms with Crippen LogP contribution >= 0.6 is 23.4 Å². The van der Waals surface area contributed by atoms with Crippen molar-refractivity contribution in [3.8, 4) is 0 Å². The second-order valence-corrected chi connectivity index (χ2v) is 7.22. The van der Waals surface area contributed by atoms with Crippen molar-refractivity contribution in [2.24, 2.45) is 0 Å². The first-order chi connectivity index (χ1) is 12.0. The zero-order valence-electron chi connectivity index (χ0n) is 14.1. The van der Waals surface area contributed by atoms with Crippen molar-refractivity contribution < 1.29 is 4.79 Å². The predicted octanol–water partition coefficient (Wildman–Crippen LogP) is 4.09. The summed E-state index contributed by atoms with van der Waals surface area (Å²) in [4.78, 5) is 16.6. The van der Waals surface area contributed by atoms with E-state index in [0.29, 0.717) is 10.9 Å². The van der Waals surface area contributed by atoms with E-state index in [0.717, 1.165) is 34.9 Å². The fraction of sp³-hybridized carbons (Fsp3) is 0.278. The minimum atomic E-state index is 0.104. The van der Waals surface area contributed by atoms with E-state index in [4.69, 9.17) is 11.6 Å². The Bertz CT molecular complexity index is 856. The number of hydrogen-bond donors (Lipinski definition) is 1.